The van der Waals surface area contributed by atoms with Crippen LogP contribution in [0.2, 0.25) is 0 Å². The highest BCUT2D eigenvalue weighted by molar-refractivity contribution is 7.90. The SMILES string of the molecule is CC(C(=O)O)S(=O)(=O)NCCc1ccc(O)cc1. The molecule has 0 radical (unpaired) electrons. The molecule has 0 saturated carbocycles. The molecular weight excluding hydrogens is 258 g/mol. The Morgan fingerprint density at radius 3 is 2.39 bits per heavy atom. The molecule has 7 heteroatoms. The molecule has 0 fully saturated rings. The van der Waals surface area contributed by atoms with Crippen LogP contribution in [0.1, 0.15) is 12.5 Å². The van der Waals surface area contributed by atoms with E-state index >= 15 is 0 Å². The Morgan fingerprint density at radius 2 is 1.89 bits per heavy atom. The maximum atomic E-state index is 11.5. The summed E-state index contributed by atoms with van der Waals surface area (Å²) in [4.78, 5) is 10.6. The monoisotopic (exact) mass is 273 g/mol. The summed E-state index contributed by atoms with van der Waals surface area (Å²) in [6.07, 6.45) is 0.422. The molecule has 18 heavy (non-hydrogen) atoms. The highest BCUT2D eigenvalue weighted by Crippen LogP contribution is 2.09. The number of carbonyl (C=O) groups is 1. The number of aromatic hydroxyl groups is 1. The summed E-state index contributed by atoms with van der Waals surface area (Å²) in [7, 11) is -3.84. The third-order valence-electron chi connectivity index (χ3n) is 2.47. The normalized spacial score (nSPS) is 13.2. The zero-order valence-electron chi connectivity index (χ0n) is 9.83. The van der Waals surface area contributed by atoms with Crippen molar-refractivity contribution in [3.63, 3.8) is 0 Å². The van der Waals surface area contributed by atoms with Crippen molar-refractivity contribution in [1.82, 2.24) is 4.72 Å². The molecule has 1 unspecified atom stereocenters. The van der Waals surface area contributed by atoms with Crippen molar-refractivity contribution in [1.29, 1.82) is 0 Å². The van der Waals surface area contributed by atoms with E-state index in [0.29, 0.717) is 6.42 Å². The van der Waals surface area contributed by atoms with Gasteiger partial charge in [-0.05, 0) is 31.0 Å². The minimum Gasteiger partial charge on any atom is -0.508 e. The van der Waals surface area contributed by atoms with Gasteiger partial charge in [-0.1, -0.05) is 12.1 Å². The second-order valence-electron chi connectivity index (χ2n) is 3.84. The first-order valence-electron chi connectivity index (χ1n) is 5.32. The van der Waals surface area contributed by atoms with Crippen LogP contribution in [0.25, 0.3) is 0 Å². The third kappa shape index (κ3) is 4.01. The molecule has 0 bridgehead atoms. The second kappa shape index (κ2) is 5.83. The Bertz CT molecular complexity index is 509. The predicted molar refractivity (Wildman–Crippen MR) is 65.8 cm³/mol. The molecule has 0 heterocycles. The molecule has 1 rings (SSSR count). The van der Waals surface area contributed by atoms with Crippen LogP contribution in [0.4, 0.5) is 0 Å². The van der Waals surface area contributed by atoms with Crippen LogP contribution in [-0.4, -0.2) is 36.4 Å². The van der Waals surface area contributed by atoms with Gasteiger partial charge in [-0.3, -0.25) is 4.79 Å². The summed E-state index contributed by atoms with van der Waals surface area (Å²) in [5.41, 5.74) is 0.846. The summed E-state index contributed by atoms with van der Waals surface area (Å²) < 4.78 is 25.2. The van der Waals surface area contributed by atoms with Crippen molar-refractivity contribution in [3.05, 3.63) is 29.8 Å². The summed E-state index contributed by atoms with van der Waals surface area (Å²) in [6.45, 7) is 1.23. The van der Waals surface area contributed by atoms with Gasteiger partial charge in [-0.2, -0.15) is 0 Å². The number of hydrogen-bond acceptors (Lipinski definition) is 4. The molecule has 6 nitrogen and oxygen atoms in total. The van der Waals surface area contributed by atoms with Gasteiger partial charge in [0.1, 0.15) is 5.75 Å². The van der Waals surface area contributed by atoms with Gasteiger partial charge in [0.25, 0.3) is 0 Å². The van der Waals surface area contributed by atoms with Crippen molar-refractivity contribution >= 4 is 16.0 Å². The Kier molecular flexibility index (Phi) is 4.69. The number of nitrogens with one attached hydrogen (secondary N) is 1. The van der Waals surface area contributed by atoms with Crippen LogP contribution in [-0.2, 0) is 21.2 Å². The summed E-state index contributed by atoms with van der Waals surface area (Å²) in [5, 5.41) is 16.2. The zero-order chi connectivity index (χ0) is 13.8. The predicted octanol–water partition coefficient (Wildman–Crippen LogP) is 0.327. The van der Waals surface area contributed by atoms with E-state index in [1.165, 1.54) is 12.1 Å². The summed E-state index contributed by atoms with van der Waals surface area (Å²) in [5.74, 6) is -1.24. The van der Waals surface area contributed by atoms with E-state index in [0.717, 1.165) is 12.5 Å². The van der Waals surface area contributed by atoms with Gasteiger partial charge < -0.3 is 10.2 Å². The maximum absolute atomic E-state index is 11.5. The van der Waals surface area contributed by atoms with Gasteiger partial charge in [0.05, 0.1) is 0 Å². The number of aliphatic carboxylic acids is 1. The maximum Gasteiger partial charge on any atom is 0.323 e. The number of phenolic OH excluding ortho intramolecular Hbond substituents is 1. The molecule has 0 aliphatic carbocycles. The molecule has 0 aliphatic heterocycles. The van der Waals surface area contributed by atoms with Crippen LogP contribution in [0.5, 0.6) is 5.75 Å². The molecule has 0 aliphatic rings. The molecule has 0 aromatic heterocycles. The molecule has 0 spiro atoms. The second-order valence-corrected chi connectivity index (χ2v) is 5.92. The van der Waals surface area contributed by atoms with Gasteiger partial charge in [0.2, 0.25) is 10.0 Å². The quantitative estimate of drug-likeness (QED) is 0.693. The highest BCUT2D eigenvalue weighted by atomic mass is 32.2. The van der Waals surface area contributed by atoms with E-state index in [2.05, 4.69) is 4.72 Å². The topological polar surface area (TPSA) is 104 Å². The lowest BCUT2D eigenvalue weighted by Gasteiger charge is -2.09. The van der Waals surface area contributed by atoms with Crippen molar-refractivity contribution in [2.45, 2.75) is 18.6 Å². The minimum atomic E-state index is -3.84. The molecule has 1 aromatic carbocycles. The van der Waals surface area contributed by atoms with E-state index in [9.17, 15) is 13.2 Å². The summed E-state index contributed by atoms with van der Waals surface area (Å²) >= 11 is 0. The first kappa shape index (κ1) is 14.5. The molecule has 3 N–H and O–H groups in total. The van der Waals surface area contributed by atoms with Crippen LogP contribution in [0, 0.1) is 0 Å². The van der Waals surface area contributed by atoms with Crippen LogP contribution >= 0.6 is 0 Å². The number of hydrogen-bond donors (Lipinski definition) is 3. The van der Waals surface area contributed by atoms with Gasteiger partial charge in [-0.15, -0.1) is 0 Å². The molecule has 1 atom stereocenters. The fourth-order valence-electron chi connectivity index (χ4n) is 1.26. The summed E-state index contributed by atoms with van der Waals surface area (Å²) in [6, 6.07) is 6.35. The molecule has 0 amide bonds. The Morgan fingerprint density at radius 1 is 1.33 bits per heavy atom. The first-order chi connectivity index (χ1) is 8.33. The third-order valence-corrected chi connectivity index (χ3v) is 4.21. The molecular formula is C11H15NO5S. The van der Waals surface area contributed by atoms with Crippen LogP contribution < -0.4 is 4.72 Å². The standard InChI is InChI=1S/C11H15NO5S/c1-8(11(14)15)18(16,17)12-7-6-9-2-4-10(13)5-3-9/h2-5,8,12-13H,6-7H2,1H3,(H,14,15). The van der Waals surface area contributed by atoms with Gasteiger partial charge in [0.15, 0.2) is 5.25 Å². The molecule has 1 aromatic rings. The van der Waals surface area contributed by atoms with E-state index in [4.69, 9.17) is 10.2 Å². The highest BCUT2D eigenvalue weighted by Gasteiger charge is 2.26. The molecule has 100 valence electrons. The largest absolute Gasteiger partial charge is 0.508 e. The lowest BCUT2D eigenvalue weighted by atomic mass is 10.1. The number of rotatable bonds is 6. The van der Waals surface area contributed by atoms with Gasteiger partial charge in [-0.25, -0.2) is 13.1 Å². The average Bonchev–Trinajstić information content (AvgIpc) is 2.30. The zero-order valence-corrected chi connectivity index (χ0v) is 10.6. The van der Waals surface area contributed by atoms with Crippen molar-refractivity contribution in [2.24, 2.45) is 0 Å². The van der Waals surface area contributed by atoms with Crippen LogP contribution in [0.3, 0.4) is 0 Å². The van der Waals surface area contributed by atoms with Crippen molar-refractivity contribution < 1.29 is 23.4 Å². The first-order valence-corrected chi connectivity index (χ1v) is 6.87. The smallest absolute Gasteiger partial charge is 0.323 e. The number of carboxylic acids is 1. The lowest BCUT2D eigenvalue weighted by molar-refractivity contribution is -0.136. The number of benzene rings is 1. The Labute approximate surface area is 105 Å². The van der Waals surface area contributed by atoms with Gasteiger partial charge in [0, 0.05) is 6.54 Å². The van der Waals surface area contributed by atoms with Crippen molar-refractivity contribution in [3.8, 4) is 5.75 Å². The number of phenols is 1. The van der Waals surface area contributed by atoms with Crippen LogP contribution in [0.15, 0.2) is 24.3 Å². The Hall–Kier alpha value is -1.60. The van der Waals surface area contributed by atoms with Gasteiger partial charge >= 0.3 is 5.97 Å². The lowest BCUT2D eigenvalue weighted by Crippen LogP contribution is -2.38. The van der Waals surface area contributed by atoms with E-state index in [1.54, 1.807) is 12.1 Å². The van der Waals surface area contributed by atoms with E-state index in [-0.39, 0.29) is 12.3 Å². The number of sulfonamides is 1. The fourth-order valence-corrected chi connectivity index (χ4v) is 2.16. The minimum absolute atomic E-state index is 0.116. The average molecular weight is 273 g/mol. The van der Waals surface area contributed by atoms with Crippen molar-refractivity contribution in [2.75, 3.05) is 6.54 Å². The molecule has 0 saturated heterocycles. The Balaban J connectivity index is 2.51. The fraction of sp³-hybridized carbons (Fsp3) is 0.364. The van der Waals surface area contributed by atoms with E-state index < -0.39 is 21.2 Å². The van der Waals surface area contributed by atoms with E-state index in [1.807, 2.05) is 0 Å². The number of carboxylic acid groups (broad SMARTS) is 1.